The molecule has 0 aromatic rings. The summed E-state index contributed by atoms with van der Waals surface area (Å²) in [5.74, 6) is -0.111. The van der Waals surface area contributed by atoms with Gasteiger partial charge >= 0.3 is 5.91 Å². The topological polar surface area (TPSA) is 41.7 Å². The van der Waals surface area contributed by atoms with Crippen LogP contribution in [0.4, 0.5) is 0 Å². The van der Waals surface area contributed by atoms with Crippen molar-refractivity contribution < 1.29 is 14.8 Å². The standard InChI is InChI=1S/C6H13NO2/c1-3-7(4-2)6(9)5-8/h8H,3-5H2,1-2H3/p+1. The lowest BCUT2D eigenvalue weighted by Crippen LogP contribution is -3.14. The van der Waals surface area contributed by atoms with Crippen LogP contribution in [0.1, 0.15) is 13.8 Å². The summed E-state index contributed by atoms with van der Waals surface area (Å²) in [6.07, 6.45) is 0. The van der Waals surface area contributed by atoms with E-state index in [1.807, 2.05) is 13.8 Å². The largest absolute Gasteiger partial charge is 0.382 e. The highest BCUT2D eigenvalue weighted by Gasteiger charge is 2.11. The van der Waals surface area contributed by atoms with Gasteiger partial charge in [0.05, 0.1) is 13.1 Å². The predicted octanol–water partition coefficient (Wildman–Crippen LogP) is -1.57. The maximum absolute atomic E-state index is 10.7. The molecule has 0 saturated carbocycles. The van der Waals surface area contributed by atoms with E-state index in [2.05, 4.69) is 0 Å². The Balaban J connectivity index is 3.64. The van der Waals surface area contributed by atoms with Gasteiger partial charge in [-0.2, -0.15) is 0 Å². The summed E-state index contributed by atoms with van der Waals surface area (Å²) in [6.45, 7) is 5.03. The minimum atomic E-state index is -0.336. The monoisotopic (exact) mass is 132 g/mol. The first-order valence-electron chi connectivity index (χ1n) is 3.25. The van der Waals surface area contributed by atoms with Crippen molar-refractivity contribution in [3.05, 3.63) is 0 Å². The Morgan fingerprint density at radius 2 is 1.89 bits per heavy atom. The molecule has 0 aliphatic carbocycles. The molecule has 0 aromatic carbocycles. The highest BCUT2D eigenvalue weighted by molar-refractivity contribution is 5.67. The van der Waals surface area contributed by atoms with Gasteiger partial charge in [0.1, 0.15) is 0 Å². The van der Waals surface area contributed by atoms with Gasteiger partial charge in [-0.05, 0) is 13.8 Å². The molecule has 0 rings (SSSR count). The molecular weight excluding hydrogens is 118 g/mol. The van der Waals surface area contributed by atoms with E-state index in [0.717, 1.165) is 18.0 Å². The molecule has 0 spiro atoms. The minimum Gasteiger partial charge on any atom is -0.382 e. The van der Waals surface area contributed by atoms with E-state index in [1.165, 1.54) is 0 Å². The molecule has 1 amide bonds. The molecule has 0 unspecified atom stereocenters. The van der Waals surface area contributed by atoms with Crippen LogP contribution in [0.3, 0.4) is 0 Å². The zero-order valence-corrected chi connectivity index (χ0v) is 5.98. The fourth-order valence-electron chi connectivity index (χ4n) is 0.756. The van der Waals surface area contributed by atoms with E-state index in [0.29, 0.717) is 0 Å². The van der Waals surface area contributed by atoms with Crippen molar-refractivity contribution in [2.45, 2.75) is 13.8 Å². The van der Waals surface area contributed by atoms with E-state index < -0.39 is 0 Å². The van der Waals surface area contributed by atoms with Gasteiger partial charge in [0.25, 0.3) is 0 Å². The third-order valence-corrected chi connectivity index (χ3v) is 1.39. The summed E-state index contributed by atoms with van der Waals surface area (Å²) in [5.41, 5.74) is 0. The molecule has 2 N–H and O–H groups in total. The van der Waals surface area contributed by atoms with E-state index in [-0.39, 0.29) is 12.5 Å². The average molecular weight is 132 g/mol. The van der Waals surface area contributed by atoms with E-state index >= 15 is 0 Å². The lowest BCUT2D eigenvalue weighted by molar-refractivity contribution is -0.816. The fourth-order valence-corrected chi connectivity index (χ4v) is 0.756. The molecule has 0 saturated heterocycles. The summed E-state index contributed by atoms with van der Waals surface area (Å²) < 4.78 is 0. The van der Waals surface area contributed by atoms with Crippen molar-refractivity contribution in [1.29, 1.82) is 0 Å². The van der Waals surface area contributed by atoms with Crippen LogP contribution < -0.4 is 4.90 Å². The predicted molar refractivity (Wildman–Crippen MR) is 34.1 cm³/mol. The van der Waals surface area contributed by atoms with Crippen molar-refractivity contribution in [1.82, 2.24) is 0 Å². The second-order valence-corrected chi connectivity index (χ2v) is 1.89. The molecule has 0 aliphatic heterocycles. The quantitative estimate of drug-likeness (QED) is 0.487. The SMILES string of the molecule is CC[NH+](CC)C(=O)CO. The van der Waals surface area contributed by atoms with Crippen LogP contribution in [0.2, 0.25) is 0 Å². The summed E-state index contributed by atoms with van der Waals surface area (Å²) in [4.78, 5) is 11.5. The Hall–Kier alpha value is -0.410. The van der Waals surface area contributed by atoms with Gasteiger partial charge in [-0.3, -0.25) is 4.90 Å². The number of carbonyl (C=O) groups is 1. The number of hydrogen-bond donors (Lipinski definition) is 2. The van der Waals surface area contributed by atoms with Gasteiger partial charge in [-0.15, -0.1) is 0 Å². The molecule has 3 heteroatoms. The third kappa shape index (κ3) is 2.58. The van der Waals surface area contributed by atoms with Gasteiger partial charge in [0.15, 0.2) is 6.61 Å². The Morgan fingerprint density at radius 1 is 1.44 bits per heavy atom. The van der Waals surface area contributed by atoms with Crippen molar-refractivity contribution in [3.63, 3.8) is 0 Å². The normalized spacial score (nSPS) is 10.2. The molecule has 0 heterocycles. The molecule has 0 aliphatic rings. The lowest BCUT2D eigenvalue weighted by Gasteiger charge is -2.09. The molecule has 0 aromatic heterocycles. The zero-order valence-electron chi connectivity index (χ0n) is 5.98. The Morgan fingerprint density at radius 3 is 2.00 bits per heavy atom. The first-order chi connectivity index (χ1) is 4.26. The van der Waals surface area contributed by atoms with Crippen LogP contribution in [0.5, 0.6) is 0 Å². The molecule has 0 fully saturated rings. The molecule has 0 bridgehead atoms. The molecular formula is C6H14NO2+. The molecule has 0 radical (unpaired) electrons. The van der Waals surface area contributed by atoms with Crippen LogP contribution in [0.25, 0.3) is 0 Å². The Bertz CT molecular complexity index is 89.1. The highest BCUT2D eigenvalue weighted by atomic mass is 16.3. The first kappa shape index (κ1) is 8.59. The fraction of sp³-hybridized carbons (Fsp3) is 0.833. The molecule has 9 heavy (non-hydrogen) atoms. The van der Waals surface area contributed by atoms with Crippen molar-refractivity contribution in [2.75, 3.05) is 19.7 Å². The van der Waals surface area contributed by atoms with E-state index in [9.17, 15) is 4.79 Å². The van der Waals surface area contributed by atoms with Gasteiger partial charge in [0.2, 0.25) is 0 Å². The van der Waals surface area contributed by atoms with Crippen LogP contribution in [-0.2, 0) is 4.79 Å². The minimum absolute atomic E-state index is 0.111. The number of hydrogen-bond acceptors (Lipinski definition) is 2. The maximum atomic E-state index is 10.7. The van der Waals surface area contributed by atoms with Gasteiger partial charge in [0, 0.05) is 0 Å². The van der Waals surface area contributed by atoms with Crippen molar-refractivity contribution in [3.8, 4) is 0 Å². The first-order valence-corrected chi connectivity index (χ1v) is 3.25. The lowest BCUT2D eigenvalue weighted by atomic mass is 10.5. The number of aliphatic hydroxyl groups is 1. The van der Waals surface area contributed by atoms with Gasteiger partial charge in [-0.25, -0.2) is 4.79 Å². The average Bonchev–Trinajstić information content (AvgIpc) is 1.90. The number of likely N-dealkylation sites (N-methyl/N-ethyl adjacent to an activating group) is 1. The second kappa shape index (κ2) is 4.47. The van der Waals surface area contributed by atoms with Crippen molar-refractivity contribution >= 4 is 5.91 Å². The van der Waals surface area contributed by atoms with Crippen LogP contribution in [0.15, 0.2) is 0 Å². The number of carbonyl (C=O) groups excluding carboxylic acids is 1. The Labute approximate surface area is 55.3 Å². The number of nitrogens with one attached hydrogen (secondary N) is 1. The number of aliphatic hydroxyl groups excluding tert-OH is 1. The number of amides is 1. The van der Waals surface area contributed by atoms with Crippen LogP contribution >= 0.6 is 0 Å². The summed E-state index contributed by atoms with van der Waals surface area (Å²) >= 11 is 0. The maximum Gasteiger partial charge on any atom is 0.337 e. The summed E-state index contributed by atoms with van der Waals surface area (Å²) in [6, 6.07) is 0. The second-order valence-electron chi connectivity index (χ2n) is 1.89. The third-order valence-electron chi connectivity index (χ3n) is 1.39. The molecule has 3 nitrogen and oxygen atoms in total. The molecule has 54 valence electrons. The number of rotatable bonds is 3. The zero-order chi connectivity index (χ0) is 7.28. The van der Waals surface area contributed by atoms with Crippen LogP contribution in [0, 0.1) is 0 Å². The molecule has 0 atom stereocenters. The van der Waals surface area contributed by atoms with E-state index in [4.69, 9.17) is 5.11 Å². The van der Waals surface area contributed by atoms with Gasteiger partial charge < -0.3 is 5.11 Å². The number of quaternary nitrogens is 1. The summed E-state index contributed by atoms with van der Waals surface area (Å²) in [5, 5.41) is 8.40. The Kier molecular flexibility index (Phi) is 4.26. The van der Waals surface area contributed by atoms with Gasteiger partial charge in [-0.1, -0.05) is 0 Å². The smallest absolute Gasteiger partial charge is 0.337 e. The van der Waals surface area contributed by atoms with E-state index in [1.54, 1.807) is 0 Å². The van der Waals surface area contributed by atoms with Crippen molar-refractivity contribution in [2.24, 2.45) is 0 Å². The highest BCUT2D eigenvalue weighted by Crippen LogP contribution is 1.53. The van der Waals surface area contributed by atoms with Crippen LogP contribution in [-0.4, -0.2) is 30.7 Å². The summed E-state index contributed by atoms with van der Waals surface area (Å²) in [7, 11) is 0.